The minimum absolute atomic E-state index is 0.0215. The van der Waals surface area contributed by atoms with Gasteiger partial charge in [0.2, 0.25) is 11.1 Å². The van der Waals surface area contributed by atoms with Crippen LogP contribution in [0.3, 0.4) is 0 Å². The Hall–Kier alpha value is -2.80. The van der Waals surface area contributed by atoms with Crippen LogP contribution in [0.4, 0.5) is 0 Å². The Morgan fingerprint density at radius 3 is 2.63 bits per heavy atom. The number of ether oxygens (including phenoxy) is 1. The SMILES string of the molecule is COc1ccc(-c2nc(SC(C)C(=O)NCCc3ccccc3)n[nH]2)cc1. The van der Waals surface area contributed by atoms with Gasteiger partial charge in [-0.1, -0.05) is 42.1 Å². The summed E-state index contributed by atoms with van der Waals surface area (Å²) in [4.78, 5) is 16.7. The third-order valence-corrected chi connectivity index (χ3v) is 5.00. The molecule has 3 rings (SSSR count). The van der Waals surface area contributed by atoms with Gasteiger partial charge in [0.05, 0.1) is 12.4 Å². The molecule has 2 N–H and O–H groups in total. The fourth-order valence-corrected chi connectivity index (χ4v) is 3.26. The third-order valence-electron chi connectivity index (χ3n) is 4.04. The van der Waals surface area contributed by atoms with Crippen LogP contribution in [0.1, 0.15) is 12.5 Å². The number of aromatic nitrogens is 3. The first-order valence-electron chi connectivity index (χ1n) is 8.71. The molecule has 6 nitrogen and oxygen atoms in total. The number of benzene rings is 2. The van der Waals surface area contributed by atoms with Crippen LogP contribution < -0.4 is 10.1 Å². The predicted octanol–water partition coefficient (Wildman–Crippen LogP) is 3.32. The van der Waals surface area contributed by atoms with Crippen molar-refractivity contribution in [1.82, 2.24) is 20.5 Å². The van der Waals surface area contributed by atoms with E-state index in [2.05, 4.69) is 32.6 Å². The van der Waals surface area contributed by atoms with Gasteiger partial charge in [0.15, 0.2) is 5.82 Å². The third kappa shape index (κ3) is 5.34. The van der Waals surface area contributed by atoms with E-state index >= 15 is 0 Å². The van der Waals surface area contributed by atoms with Crippen molar-refractivity contribution in [2.45, 2.75) is 23.8 Å². The second kappa shape index (κ2) is 9.23. The number of carbonyl (C=O) groups is 1. The minimum atomic E-state index is -0.278. The van der Waals surface area contributed by atoms with Crippen LogP contribution in [0, 0.1) is 0 Å². The molecule has 0 aliphatic heterocycles. The molecule has 1 heterocycles. The quantitative estimate of drug-likeness (QED) is 0.584. The van der Waals surface area contributed by atoms with Crippen molar-refractivity contribution in [1.29, 1.82) is 0 Å². The second-order valence-corrected chi connectivity index (χ2v) is 7.29. The van der Waals surface area contributed by atoms with Gasteiger partial charge >= 0.3 is 0 Å². The summed E-state index contributed by atoms with van der Waals surface area (Å²) >= 11 is 1.33. The number of amides is 1. The maximum absolute atomic E-state index is 12.3. The number of rotatable bonds is 8. The van der Waals surface area contributed by atoms with Crippen LogP contribution in [-0.4, -0.2) is 40.0 Å². The standard InChI is InChI=1S/C20H22N4O2S/c1-14(19(25)21-13-12-15-6-4-3-5-7-15)27-20-22-18(23-24-20)16-8-10-17(26-2)11-9-16/h3-11,14H,12-13H2,1-2H3,(H,21,25)(H,22,23,24). The van der Waals surface area contributed by atoms with Crippen LogP contribution in [0.2, 0.25) is 0 Å². The molecule has 1 aromatic heterocycles. The first kappa shape index (κ1) is 19.0. The summed E-state index contributed by atoms with van der Waals surface area (Å²) in [6, 6.07) is 17.6. The molecule has 1 atom stereocenters. The lowest BCUT2D eigenvalue weighted by Gasteiger charge is -2.10. The zero-order valence-electron chi connectivity index (χ0n) is 15.3. The van der Waals surface area contributed by atoms with Crippen LogP contribution in [-0.2, 0) is 11.2 Å². The van der Waals surface area contributed by atoms with E-state index in [0.29, 0.717) is 17.5 Å². The van der Waals surface area contributed by atoms with E-state index in [4.69, 9.17) is 4.74 Å². The molecule has 0 saturated carbocycles. The van der Waals surface area contributed by atoms with E-state index in [0.717, 1.165) is 17.7 Å². The highest BCUT2D eigenvalue weighted by molar-refractivity contribution is 8.00. The van der Waals surface area contributed by atoms with Gasteiger partial charge < -0.3 is 10.1 Å². The lowest BCUT2D eigenvalue weighted by Crippen LogP contribution is -2.32. The van der Waals surface area contributed by atoms with Crippen molar-refractivity contribution in [2.24, 2.45) is 0 Å². The van der Waals surface area contributed by atoms with E-state index < -0.39 is 0 Å². The molecule has 1 amide bonds. The second-order valence-electron chi connectivity index (χ2n) is 5.98. The molecule has 0 bridgehead atoms. The first-order valence-corrected chi connectivity index (χ1v) is 9.59. The molecule has 0 aliphatic rings. The van der Waals surface area contributed by atoms with Crippen molar-refractivity contribution < 1.29 is 9.53 Å². The number of nitrogens with zero attached hydrogens (tertiary/aromatic N) is 2. The average molecular weight is 382 g/mol. The summed E-state index contributed by atoms with van der Waals surface area (Å²) in [6.45, 7) is 2.46. The molecule has 7 heteroatoms. The molecule has 0 fully saturated rings. The lowest BCUT2D eigenvalue weighted by atomic mass is 10.1. The molecule has 0 aliphatic carbocycles. The number of hydrogen-bond donors (Lipinski definition) is 2. The van der Waals surface area contributed by atoms with E-state index in [1.54, 1.807) is 7.11 Å². The van der Waals surface area contributed by atoms with Gasteiger partial charge in [0.25, 0.3) is 0 Å². The summed E-state index contributed by atoms with van der Waals surface area (Å²) < 4.78 is 5.15. The Kier molecular flexibility index (Phi) is 6.49. The summed E-state index contributed by atoms with van der Waals surface area (Å²) in [5, 5.41) is 10.3. The Labute approximate surface area is 162 Å². The molecular weight excluding hydrogens is 360 g/mol. The maximum atomic E-state index is 12.3. The largest absolute Gasteiger partial charge is 0.497 e. The van der Waals surface area contributed by atoms with Gasteiger partial charge in [-0.2, -0.15) is 0 Å². The monoisotopic (exact) mass is 382 g/mol. The number of aromatic amines is 1. The zero-order valence-corrected chi connectivity index (χ0v) is 16.1. The van der Waals surface area contributed by atoms with Crippen molar-refractivity contribution in [3.8, 4) is 17.1 Å². The molecule has 2 aromatic carbocycles. The Balaban J connectivity index is 1.50. The maximum Gasteiger partial charge on any atom is 0.233 e. The van der Waals surface area contributed by atoms with E-state index in [1.807, 2.05) is 49.4 Å². The Morgan fingerprint density at radius 1 is 1.19 bits per heavy atom. The van der Waals surface area contributed by atoms with Gasteiger partial charge in [-0.15, -0.1) is 5.10 Å². The molecule has 1 unspecified atom stereocenters. The zero-order chi connectivity index (χ0) is 19.1. The fraction of sp³-hybridized carbons (Fsp3) is 0.250. The highest BCUT2D eigenvalue weighted by Crippen LogP contribution is 2.24. The van der Waals surface area contributed by atoms with Gasteiger partial charge in [-0.25, -0.2) is 4.98 Å². The predicted molar refractivity (Wildman–Crippen MR) is 107 cm³/mol. The smallest absolute Gasteiger partial charge is 0.233 e. The number of H-pyrrole nitrogens is 1. The minimum Gasteiger partial charge on any atom is -0.497 e. The van der Waals surface area contributed by atoms with Crippen molar-refractivity contribution in [3.05, 3.63) is 60.2 Å². The number of nitrogens with one attached hydrogen (secondary N) is 2. The van der Waals surface area contributed by atoms with Crippen molar-refractivity contribution >= 4 is 17.7 Å². The molecular formula is C20H22N4O2S. The summed E-state index contributed by atoms with van der Waals surface area (Å²) in [5.74, 6) is 1.43. The molecule has 0 spiro atoms. The number of carbonyl (C=O) groups excluding carboxylic acids is 1. The van der Waals surface area contributed by atoms with Crippen molar-refractivity contribution in [2.75, 3.05) is 13.7 Å². The molecule has 27 heavy (non-hydrogen) atoms. The van der Waals surface area contributed by atoms with Crippen molar-refractivity contribution in [3.63, 3.8) is 0 Å². The van der Waals surface area contributed by atoms with E-state index in [9.17, 15) is 4.79 Å². The Bertz CT molecular complexity index is 865. The normalized spacial score (nSPS) is 11.8. The van der Waals surface area contributed by atoms with Crippen LogP contribution in [0.5, 0.6) is 5.75 Å². The molecule has 3 aromatic rings. The number of thioether (sulfide) groups is 1. The Morgan fingerprint density at radius 2 is 1.93 bits per heavy atom. The summed E-state index contributed by atoms with van der Waals surface area (Å²) in [5.41, 5.74) is 2.12. The van der Waals surface area contributed by atoms with E-state index in [1.165, 1.54) is 17.3 Å². The van der Waals surface area contributed by atoms with Crippen LogP contribution >= 0.6 is 11.8 Å². The average Bonchev–Trinajstić information content (AvgIpc) is 3.17. The van der Waals surface area contributed by atoms with Gasteiger partial charge in [0, 0.05) is 12.1 Å². The van der Waals surface area contributed by atoms with Crippen LogP contribution in [0.25, 0.3) is 11.4 Å². The van der Waals surface area contributed by atoms with Gasteiger partial charge in [-0.3, -0.25) is 9.89 Å². The highest BCUT2D eigenvalue weighted by atomic mass is 32.2. The first-order chi connectivity index (χ1) is 13.2. The topological polar surface area (TPSA) is 79.9 Å². The fourth-order valence-electron chi connectivity index (χ4n) is 2.51. The van der Waals surface area contributed by atoms with Gasteiger partial charge in [0.1, 0.15) is 5.75 Å². The highest BCUT2D eigenvalue weighted by Gasteiger charge is 2.17. The number of methoxy groups -OCH3 is 1. The summed E-state index contributed by atoms with van der Waals surface area (Å²) in [6.07, 6.45) is 0.812. The van der Waals surface area contributed by atoms with Crippen LogP contribution in [0.15, 0.2) is 59.8 Å². The lowest BCUT2D eigenvalue weighted by molar-refractivity contribution is -0.120. The van der Waals surface area contributed by atoms with Gasteiger partial charge in [-0.05, 0) is 43.2 Å². The summed E-state index contributed by atoms with van der Waals surface area (Å²) in [7, 11) is 1.63. The van der Waals surface area contributed by atoms with E-state index in [-0.39, 0.29) is 11.2 Å². The molecule has 0 radical (unpaired) electrons. The number of hydrogen-bond acceptors (Lipinski definition) is 5. The molecule has 0 saturated heterocycles. The molecule has 140 valence electrons.